The fourth-order valence-corrected chi connectivity index (χ4v) is 3.33. The van der Waals surface area contributed by atoms with Crippen LogP contribution in [0, 0.1) is 0 Å². The molecule has 0 bridgehead atoms. The van der Waals surface area contributed by atoms with Crippen LogP contribution in [0.15, 0.2) is 70.1 Å². The summed E-state index contributed by atoms with van der Waals surface area (Å²) in [6.45, 7) is 3.58. The van der Waals surface area contributed by atoms with Crippen LogP contribution in [0.5, 0.6) is 0 Å². The number of carbonyl (C=O) groups is 1. The highest BCUT2D eigenvalue weighted by molar-refractivity contribution is 7.97. The van der Waals surface area contributed by atoms with Crippen molar-refractivity contribution in [3.63, 3.8) is 0 Å². The zero-order valence-electron chi connectivity index (χ0n) is 16.0. The number of hydrogen-bond donors (Lipinski definition) is 1. The quantitative estimate of drug-likeness (QED) is 0.325. The zero-order valence-corrected chi connectivity index (χ0v) is 16.8. The van der Waals surface area contributed by atoms with Crippen molar-refractivity contribution >= 4 is 41.2 Å². The molecule has 0 saturated heterocycles. The molecule has 0 aromatic heterocycles. The summed E-state index contributed by atoms with van der Waals surface area (Å²) in [6, 6.07) is 15.7. The van der Waals surface area contributed by atoms with Gasteiger partial charge in [-0.3, -0.25) is 4.79 Å². The lowest BCUT2D eigenvalue weighted by Gasteiger charge is -2.11. The highest BCUT2D eigenvalue weighted by atomic mass is 32.2. The second-order valence-corrected chi connectivity index (χ2v) is 6.90. The number of halogens is 3. The molecule has 30 heavy (non-hydrogen) atoms. The number of benzene rings is 3. The van der Waals surface area contributed by atoms with Gasteiger partial charge in [0, 0.05) is 11.8 Å². The minimum absolute atomic E-state index is 0.160. The fraction of sp³-hybridized carbons (Fsp3) is 0.136. The Morgan fingerprint density at radius 3 is 2.47 bits per heavy atom. The number of rotatable bonds is 5. The number of nitrogens with zero attached hydrogens (tertiary/aromatic N) is 2. The molecule has 8 heteroatoms. The number of alkyl halides is 3. The molecule has 1 N–H and O–H groups in total. The van der Waals surface area contributed by atoms with Crippen LogP contribution in [0.4, 0.5) is 13.2 Å². The van der Waals surface area contributed by atoms with E-state index in [1.165, 1.54) is 24.1 Å². The predicted molar refractivity (Wildman–Crippen MR) is 117 cm³/mol. The van der Waals surface area contributed by atoms with Gasteiger partial charge in [-0.25, -0.2) is 4.99 Å². The fourth-order valence-electron chi connectivity index (χ4n) is 3.00. The summed E-state index contributed by atoms with van der Waals surface area (Å²) >= 11 is 1.23. The van der Waals surface area contributed by atoms with Crippen LogP contribution >= 0.6 is 11.9 Å². The molecule has 4 nitrogen and oxygen atoms in total. The van der Waals surface area contributed by atoms with Gasteiger partial charge in [0.1, 0.15) is 0 Å². The number of amidine groups is 1. The second kappa shape index (κ2) is 9.13. The van der Waals surface area contributed by atoms with Gasteiger partial charge in [0.15, 0.2) is 5.84 Å². The lowest BCUT2D eigenvalue weighted by atomic mass is 9.96. The highest BCUT2D eigenvalue weighted by Gasteiger charge is 2.30. The van der Waals surface area contributed by atoms with Crippen molar-refractivity contribution in [2.24, 2.45) is 9.39 Å². The summed E-state index contributed by atoms with van der Waals surface area (Å²) in [5.74, 6) is 0.135. The van der Waals surface area contributed by atoms with E-state index in [2.05, 4.69) is 21.4 Å². The lowest BCUT2D eigenvalue weighted by molar-refractivity contribution is -0.137. The minimum atomic E-state index is -4.37. The summed E-state index contributed by atoms with van der Waals surface area (Å²) in [5, 5.41) is 4.39. The molecule has 1 amide bonds. The van der Waals surface area contributed by atoms with Gasteiger partial charge in [-0.05, 0) is 64.8 Å². The first-order chi connectivity index (χ1) is 14.3. The van der Waals surface area contributed by atoms with Gasteiger partial charge in [-0.2, -0.15) is 17.6 Å². The van der Waals surface area contributed by atoms with E-state index >= 15 is 0 Å². The van der Waals surface area contributed by atoms with E-state index in [9.17, 15) is 18.0 Å². The number of aliphatic imine (C=N–C) groups is 1. The third kappa shape index (κ3) is 4.88. The van der Waals surface area contributed by atoms with Crippen LogP contribution in [0.3, 0.4) is 0 Å². The smallest absolute Gasteiger partial charge is 0.345 e. The van der Waals surface area contributed by atoms with Gasteiger partial charge in [0.05, 0.1) is 12.1 Å². The highest BCUT2D eigenvalue weighted by Crippen LogP contribution is 2.33. The minimum Gasteiger partial charge on any atom is -0.345 e. The Morgan fingerprint density at radius 2 is 1.83 bits per heavy atom. The summed E-state index contributed by atoms with van der Waals surface area (Å²) in [6.07, 6.45) is -2.59. The number of carbonyl (C=O) groups excluding carboxylic acids is 1. The van der Waals surface area contributed by atoms with Crippen molar-refractivity contribution in [1.29, 1.82) is 0 Å². The maximum atomic E-state index is 12.8. The first kappa shape index (κ1) is 21.6. The molecule has 0 radical (unpaired) electrons. The number of fused-ring (bicyclic) bond motifs is 1. The van der Waals surface area contributed by atoms with E-state index in [0.29, 0.717) is 17.0 Å². The third-order valence-electron chi connectivity index (χ3n) is 4.45. The molecular weight excluding hydrogens is 411 g/mol. The van der Waals surface area contributed by atoms with E-state index in [-0.39, 0.29) is 12.5 Å². The van der Waals surface area contributed by atoms with Gasteiger partial charge in [0.25, 0.3) is 5.91 Å². The van der Waals surface area contributed by atoms with E-state index in [4.69, 9.17) is 0 Å². The van der Waals surface area contributed by atoms with Crippen LogP contribution in [0.2, 0.25) is 0 Å². The molecular formula is C22H18F3N3OS. The predicted octanol–water partition coefficient (Wildman–Crippen LogP) is 5.63. The maximum Gasteiger partial charge on any atom is 0.416 e. The normalized spacial score (nSPS) is 12.1. The molecule has 0 atom stereocenters. The van der Waals surface area contributed by atoms with E-state index in [1.807, 2.05) is 18.2 Å². The summed E-state index contributed by atoms with van der Waals surface area (Å²) < 4.78 is 42.5. The van der Waals surface area contributed by atoms with Crippen molar-refractivity contribution in [3.05, 3.63) is 71.8 Å². The Balaban J connectivity index is 1.88. The number of nitrogens with one attached hydrogen (secondary N) is 1. The monoisotopic (exact) mass is 429 g/mol. The van der Waals surface area contributed by atoms with Crippen LogP contribution in [-0.4, -0.2) is 31.3 Å². The third-order valence-corrected chi connectivity index (χ3v) is 4.85. The molecule has 0 aliphatic carbocycles. The van der Waals surface area contributed by atoms with Gasteiger partial charge >= 0.3 is 6.18 Å². The maximum absolute atomic E-state index is 12.8. The molecule has 0 aliphatic heterocycles. The largest absolute Gasteiger partial charge is 0.416 e. The van der Waals surface area contributed by atoms with Gasteiger partial charge < -0.3 is 5.32 Å². The molecule has 0 saturated carbocycles. The van der Waals surface area contributed by atoms with E-state index in [0.717, 1.165) is 28.5 Å². The number of hydrogen-bond acceptors (Lipinski definition) is 3. The Hall–Kier alpha value is -3.13. The Labute approximate surface area is 176 Å². The molecule has 3 aromatic rings. The summed E-state index contributed by atoms with van der Waals surface area (Å²) in [5.41, 5.74) is 1.22. The van der Waals surface area contributed by atoms with Gasteiger partial charge in [-0.15, -0.1) is 0 Å². The van der Waals surface area contributed by atoms with Crippen LogP contribution in [0.25, 0.3) is 21.9 Å². The van der Waals surface area contributed by atoms with Crippen molar-refractivity contribution < 1.29 is 18.0 Å². The Morgan fingerprint density at radius 1 is 1.10 bits per heavy atom. The summed E-state index contributed by atoms with van der Waals surface area (Å²) in [4.78, 5) is 16.2. The van der Waals surface area contributed by atoms with Crippen molar-refractivity contribution in [2.75, 3.05) is 12.8 Å². The van der Waals surface area contributed by atoms with Gasteiger partial charge in [0.2, 0.25) is 0 Å². The zero-order chi connectivity index (χ0) is 21.7. The molecule has 0 spiro atoms. The van der Waals surface area contributed by atoms with E-state index < -0.39 is 11.7 Å². The van der Waals surface area contributed by atoms with E-state index in [1.54, 1.807) is 24.5 Å². The average Bonchev–Trinajstić information content (AvgIpc) is 2.75. The lowest BCUT2D eigenvalue weighted by Crippen LogP contribution is -2.28. The molecule has 3 rings (SSSR count). The topological polar surface area (TPSA) is 53.8 Å². The van der Waals surface area contributed by atoms with Crippen LogP contribution in [-0.2, 0) is 6.18 Å². The van der Waals surface area contributed by atoms with Crippen LogP contribution in [0.1, 0.15) is 15.9 Å². The first-order valence-electron chi connectivity index (χ1n) is 8.89. The first-order valence-corrected chi connectivity index (χ1v) is 10.1. The second-order valence-electron chi connectivity index (χ2n) is 6.35. The van der Waals surface area contributed by atoms with Crippen molar-refractivity contribution in [2.45, 2.75) is 6.18 Å². The Kier molecular flexibility index (Phi) is 6.56. The molecule has 3 aromatic carbocycles. The Bertz CT molecular complexity index is 1110. The molecule has 0 unspecified atom stereocenters. The summed E-state index contributed by atoms with van der Waals surface area (Å²) in [7, 11) is 0. The van der Waals surface area contributed by atoms with Gasteiger partial charge in [-0.1, -0.05) is 36.4 Å². The average molecular weight is 429 g/mol. The standard InChI is InChI=1S/C22H18F3N3OS/c1-26-20(28-30-2)13-27-21(29)16-8-11-19-15(12-16)4-3-5-18(19)14-6-9-17(10-7-14)22(23,24)25/h3-12H,1,13H2,2H3,(H,27,29)/b28-20-. The number of amides is 1. The molecule has 0 fully saturated rings. The van der Waals surface area contributed by atoms with Crippen LogP contribution < -0.4 is 5.32 Å². The van der Waals surface area contributed by atoms with Crippen molar-refractivity contribution in [1.82, 2.24) is 5.32 Å². The molecule has 0 aliphatic rings. The SMILES string of the molecule is C=N/C(CNC(=O)c1ccc2c(-c3ccc(C(F)(F)F)cc3)cccc2c1)=N\SC. The molecule has 154 valence electrons. The van der Waals surface area contributed by atoms with Crippen molar-refractivity contribution in [3.8, 4) is 11.1 Å². The molecule has 0 heterocycles.